The minimum atomic E-state index is -0.129. The van der Waals surface area contributed by atoms with E-state index in [1.807, 2.05) is 24.3 Å². The summed E-state index contributed by atoms with van der Waals surface area (Å²) >= 11 is 0. The summed E-state index contributed by atoms with van der Waals surface area (Å²) < 4.78 is 1.59. The van der Waals surface area contributed by atoms with E-state index in [4.69, 9.17) is 0 Å². The Kier molecular flexibility index (Phi) is 9.80. The van der Waals surface area contributed by atoms with Gasteiger partial charge in [-0.05, 0) is 74.2 Å². The third-order valence-electron chi connectivity index (χ3n) is 6.69. The van der Waals surface area contributed by atoms with Gasteiger partial charge < -0.3 is 10.2 Å². The lowest BCUT2D eigenvalue weighted by molar-refractivity contribution is 0.0827. The Balaban J connectivity index is 1.63. The van der Waals surface area contributed by atoms with Crippen LogP contribution >= 0.6 is 0 Å². The molecule has 0 unspecified atom stereocenters. The lowest BCUT2D eigenvalue weighted by atomic mass is 9.88. The van der Waals surface area contributed by atoms with E-state index < -0.39 is 0 Å². The zero-order valence-electron chi connectivity index (χ0n) is 22.7. The predicted octanol–water partition coefficient (Wildman–Crippen LogP) is 4.52. The highest BCUT2D eigenvalue weighted by Crippen LogP contribution is 2.29. The Morgan fingerprint density at radius 2 is 1.86 bits per heavy atom. The third kappa shape index (κ3) is 7.40. The van der Waals surface area contributed by atoms with Gasteiger partial charge in [0.2, 0.25) is 0 Å². The lowest BCUT2D eigenvalue weighted by Gasteiger charge is -2.32. The van der Waals surface area contributed by atoms with Gasteiger partial charge in [-0.15, -0.1) is 0 Å². The smallest absolute Gasteiger partial charge is 0.257 e. The molecule has 37 heavy (non-hydrogen) atoms. The largest absolute Gasteiger partial charge is 0.388 e. The number of pyridine rings is 1. The van der Waals surface area contributed by atoms with E-state index in [0.717, 1.165) is 49.3 Å². The van der Waals surface area contributed by atoms with Crippen LogP contribution < -0.4 is 10.9 Å². The Labute approximate surface area is 220 Å². The number of nitrogens with zero attached hydrogens (tertiary/aromatic N) is 4. The molecule has 1 aromatic carbocycles. The maximum atomic E-state index is 12.7. The van der Waals surface area contributed by atoms with E-state index in [1.165, 1.54) is 11.1 Å². The number of carbonyl (C=O) groups excluding carboxylic acids is 1. The lowest BCUT2D eigenvalue weighted by Crippen LogP contribution is -2.34. The maximum absolute atomic E-state index is 12.7. The number of hydrogen-bond donors (Lipinski definition) is 1. The van der Waals surface area contributed by atoms with E-state index in [1.54, 1.807) is 56.1 Å². The van der Waals surface area contributed by atoms with E-state index in [-0.39, 0.29) is 11.5 Å². The summed E-state index contributed by atoms with van der Waals surface area (Å²) in [5, 5.41) is 2.99. The molecule has 1 N–H and O–H groups in total. The monoisotopic (exact) mass is 501 g/mol. The van der Waals surface area contributed by atoms with Crippen molar-refractivity contribution in [3.63, 3.8) is 0 Å². The topological polar surface area (TPSA) is 69.9 Å². The molecule has 0 spiro atoms. The van der Waals surface area contributed by atoms with Gasteiger partial charge in [-0.3, -0.25) is 24.0 Å². The van der Waals surface area contributed by atoms with Gasteiger partial charge in [-0.1, -0.05) is 30.4 Å². The van der Waals surface area contributed by atoms with E-state index in [0.29, 0.717) is 11.6 Å². The quantitative estimate of drug-likeness (QED) is 0.405. The third-order valence-corrected chi connectivity index (χ3v) is 6.69. The summed E-state index contributed by atoms with van der Waals surface area (Å²) in [5.41, 5.74) is 5.32. The highest BCUT2D eigenvalue weighted by atomic mass is 16.2. The Morgan fingerprint density at radius 1 is 1.19 bits per heavy atom. The van der Waals surface area contributed by atoms with Crippen LogP contribution in [0.15, 0.2) is 82.3 Å². The minimum Gasteiger partial charge on any atom is -0.388 e. The van der Waals surface area contributed by atoms with Crippen molar-refractivity contribution in [1.29, 1.82) is 0 Å². The minimum absolute atomic E-state index is 0.0325. The van der Waals surface area contributed by atoms with E-state index in [9.17, 15) is 9.59 Å². The molecule has 1 aliphatic rings. The molecule has 1 aromatic heterocycles. The number of allylic oxidation sites excluding steroid dienone is 4. The Hall–Kier alpha value is -3.71. The molecule has 1 amide bonds. The first-order chi connectivity index (χ1) is 17.7. The second-order valence-electron chi connectivity index (χ2n) is 9.72. The second kappa shape index (κ2) is 13.0. The molecule has 0 radical (unpaired) electrons. The average molecular weight is 502 g/mol. The fourth-order valence-corrected chi connectivity index (χ4v) is 4.67. The number of aromatic nitrogens is 1. The number of piperidine rings is 1. The first-order valence-corrected chi connectivity index (χ1v) is 12.7. The summed E-state index contributed by atoms with van der Waals surface area (Å²) in [6, 6.07) is 11.5. The highest BCUT2D eigenvalue weighted by molar-refractivity contribution is 5.93. The first-order valence-electron chi connectivity index (χ1n) is 12.7. The van der Waals surface area contributed by atoms with E-state index >= 15 is 0 Å². The maximum Gasteiger partial charge on any atom is 0.257 e. The molecule has 196 valence electrons. The number of rotatable bonds is 9. The zero-order chi connectivity index (χ0) is 26.9. The SMILES string of the molecule is C=C(/C=C(\C)CN1CCC(c2ccc(C(=O)N(C)C)cc2)CC1)/C(=C\C=NC)n1ccc(NC)cc1=O. The van der Waals surface area contributed by atoms with Crippen LogP contribution in [0.1, 0.15) is 41.6 Å². The summed E-state index contributed by atoms with van der Waals surface area (Å²) in [7, 11) is 7.04. The Bertz CT molecular complexity index is 1240. The van der Waals surface area contributed by atoms with Crippen LogP contribution in [-0.4, -0.2) is 74.3 Å². The molecule has 7 heteroatoms. The van der Waals surface area contributed by atoms with Gasteiger partial charge in [0, 0.05) is 64.5 Å². The van der Waals surface area contributed by atoms with Gasteiger partial charge in [-0.25, -0.2) is 0 Å². The summed E-state index contributed by atoms with van der Waals surface area (Å²) in [4.78, 5) is 33.0. The van der Waals surface area contributed by atoms with Gasteiger partial charge in [0.15, 0.2) is 0 Å². The molecule has 0 bridgehead atoms. The number of amides is 1. The summed E-state index contributed by atoms with van der Waals surface area (Å²) in [6.45, 7) is 9.24. The highest BCUT2D eigenvalue weighted by Gasteiger charge is 2.21. The number of aliphatic imine (C=N–C) groups is 1. The second-order valence-corrected chi connectivity index (χ2v) is 9.72. The Morgan fingerprint density at radius 3 is 2.43 bits per heavy atom. The van der Waals surface area contributed by atoms with Gasteiger partial charge in [0.1, 0.15) is 0 Å². The number of benzene rings is 1. The summed E-state index contributed by atoms with van der Waals surface area (Å²) in [6.07, 6.45) is 9.47. The molecular formula is C30H39N5O2. The number of likely N-dealkylation sites (tertiary alicyclic amines) is 1. The zero-order valence-corrected chi connectivity index (χ0v) is 22.7. The molecule has 0 atom stereocenters. The molecule has 2 aromatic rings. The fraction of sp³-hybridized carbons (Fsp3) is 0.367. The van der Waals surface area contributed by atoms with Crippen LogP contribution in [0.2, 0.25) is 0 Å². The van der Waals surface area contributed by atoms with Gasteiger partial charge >= 0.3 is 0 Å². The van der Waals surface area contributed by atoms with Crippen molar-refractivity contribution in [3.05, 3.63) is 94.0 Å². The predicted molar refractivity (Wildman–Crippen MR) is 155 cm³/mol. The van der Waals surface area contributed by atoms with Crippen molar-refractivity contribution >= 4 is 23.5 Å². The molecule has 3 rings (SSSR count). The molecule has 1 fully saturated rings. The van der Waals surface area contributed by atoms with Crippen LogP contribution in [0.4, 0.5) is 5.69 Å². The van der Waals surface area contributed by atoms with E-state index in [2.05, 4.69) is 46.9 Å². The molecule has 0 saturated carbocycles. The van der Waals surface area contributed by atoms with Crippen molar-refractivity contribution in [2.45, 2.75) is 25.7 Å². The van der Waals surface area contributed by atoms with Crippen LogP contribution in [0.3, 0.4) is 0 Å². The van der Waals surface area contributed by atoms with Crippen LogP contribution in [0.5, 0.6) is 0 Å². The van der Waals surface area contributed by atoms with Crippen molar-refractivity contribution < 1.29 is 4.79 Å². The van der Waals surface area contributed by atoms with Crippen LogP contribution in [0.25, 0.3) is 5.70 Å². The summed E-state index contributed by atoms with van der Waals surface area (Å²) in [5.74, 6) is 0.541. The number of anilines is 1. The van der Waals surface area contributed by atoms with Crippen molar-refractivity contribution in [3.8, 4) is 0 Å². The first kappa shape index (κ1) is 27.9. The van der Waals surface area contributed by atoms with Gasteiger partial charge in [-0.2, -0.15) is 0 Å². The fourth-order valence-electron chi connectivity index (χ4n) is 4.67. The molecule has 1 saturated heterocycles. The van der Waals surface area contributed by atoms with Crippen LogP contribution in [0, 0.1) is 0 Å². The average Bonchev–Trinajstić information content (AvgIpc) is 2.89. The normalized spacial score (nSPS) is 15.7. The molecule has 7 nitrogen and oxygen atoms in total. The molecule has 0 aliphatic carbocycles. The van der Waals surface area contributed by atoms with Gasteiger partial charge in [0.05, 0.1) is 5.70 Å². The van der Waals surface area contributed by atoms with Crippen molar-refractivity contribution in [2.75, 3.05) is 53.1 Å². The van der Waals surface area contributed by atoms with Crippen LogP contribution in [-0.2, 0) is 0 Å². The standard InChI is InChI=1S/C30H39N5O2/c1-22(19-23(2)28(11-15-31-3)35-18-14-27(32-4)20-29(35)36)21-34-16-12-25(13-17-34)24-7-9-26(10-8-24)30(37)33(5)6/h7-11,14-15,18-20,25,32H,2,12-13,16-17,21H2,1,3-6H3/b22-19+,28-11+,31-15?. The molecular weight excluding hydrogens is 462 g/mol. The number of hydrogen-bond acceptors (Lipinski definition) is 5. The number of carbonyl (C=O) groups is 1. The molecule has 2 heterocycles. The van der Waals surface area contributed by atoms with Gasteiger partial charge in [0.25, 0.3) is 11.5 Å². The molecule has 1 aliphatic heterocycles. The van der Waals surface area contributed by atoms with Crippen molar-refractivity contribution in [1.82, 2.24) is 14.4 Å². The number of nitrogens with one attached hydrogen (secondary N) is 1. The van der Waals surface area contributed by atoms with Crippen molar-refractivity contribution in [2.24, 2.45) is 4.99 Å².